The molecular formula is C13H24N2O2. The van der Waals surface area contributed by atoms with Gasteiger partial charge in [0.25, 0.3) is 0 Å². The average molecular weight is 240 g/mol. The van der Waals surface area contributed by atoms with E-state index in [2.05, 4.69) is 0 Å². The maximum atomic E-state index is 12.2. The predicted molar refractivity (Wildman–Crippen MR) is 66.5 cm³/mol. The molecule has 2 fully saturated rings. The lowest BCUT2D eigenvalue weighted by Crippen LogP contribution is -2.42. The van der Waals surface area contributed by atoms with Crippen molar-refractivity contribution in [3.05, 3.63) is 0 Å². The van der Waals surface area contributed by atoms with Gasteiger partial charge in [-0.3, -0.25) is 4.79 Å². The summed E-state index contributed by atoms with van der Waals surface area (Å²) in [5.74, 6) is 0.161. The van der Waals surface area contributed by atoms with Gasteiger partial charge in [0, 0.05) is 32.3 Å². The molecule has 4 heteroatoms. The Hall–Kier alpha value is -0.610. The first-order valence-corrected chi connectivity index (χ1v) is 6.66. The SMILES string of the molecule is CC(N)C(C)C(=O)N1CCC2(CCOCC2)C1. The third kappa shape index (κ3) is 2.63. The number of hydrogen-bond acceptors (Lipinski definition) is 3. The van der Waals surface area contributed by atoms with E-state index in [-0.39, 0.29) is 17.9 Å². The third-order valence-corrected chi connectivity index (χ3v) is 4.48. The summed E-state index contributed by atoms with van der Waals surface area (Å²) >= 11 is 0. The molecule has 0 aliphatic carbocycles. The number of hydrogen-bond donors (Lipinski definition) is 1. The smallest absolute Gasteiger partial charge is 0.226 e. The maximum absolute atomic E-state index is 12.2. The standard InChI is InChI=1S/C13H24N2O2/c1-10(11(2)14)12(16)15-6-3-13(9-15)4-7-17-8-5-13/h10-11H,3-9,14H2,1-2H3. The van der Waals surface area contributed by atoms with Crippen molar-refractivity contribution < 1.29 is 9.53 Å². The molecule has 0 saturated carbocycles. The van der Waals surface area contributed by atoms with Crippen molar-refractivity contribution in [1.82, 2.24) is 4.90 Å². The number of likely N-dealkylation sites (tertiary alicyclic amines) is 1. The van der Waals surface area contributed by atoms with Gasteiger partial charge < -0.3 is 15.4 Å². The molecule has 2 rings (SSSR count). The Bertz CT molecular complexity index is 285. The maximum Gasteiger partial charge on any atom is 0.226 e. The number of nitrogens with two attached hydrogens (primary N) is 1. The van der Waals surface area contributed by atoms with Crippen LogP contribution in [0.5, 0.6) is 0 Å². The van der Waals surface area contributed by atoms with Crippen molar-refractivity contribution in [1.29, 1.82) is 0 Å². The van der Waals surface area contributed by atoms with E-state index in [9.17, 15) is 4.79 Å². The number of amides is 1. The van der Waals surface area contributed by atoms with Crippen LogP contribution in [0.1, 0.15) is 33.1 Å². The van der Waals surface area contributed by atoms with Crippen LogP contribution in [-0.4, -0.2) is 43.2 Å². The van der Waals surface area contributed by atoms with Crippen LogP contribution in [0.4, 0.5) is 0 Å². The quantitative estimate of drug-likeness (QED) is 0.783. The van der Waals surface area contributed by atoms with Crippen molar-refractivity contribution in [3.63, 3.8) is 0 Å². The summed E-state index contributed by atoms with van der Waals surface area (Å²) < 4.78 is 5.41. The molecular weight excluding hydrogens is 216 g/mol. The highest BCUT2D eigenvalue weighted by Gasteiger charge is 2.41. The largest absolute Gasteiger partial charge is 0.381 e. The van der Waals surface area contributed by atoms with Gasteiger partial charge in [-0.15, -0.1) is 0 Å². The van der Waals surface area contributed by atoms with Gasteiger partial charge in [0.2, 0.25) is 5.91 Å². The molecule has 0 aromatic rings. The Morgan fingerprint density at radius 1 is 1.29 bits per heavy atom. The first-order valence-electron chi connectivity index (χ1n) is 6.66. The molecule has 0 aromatic heterocycles. The average Bonchev–Trinajstić information content (AvgIpc) is 2.72. The molecule has 17 heavy (non-hydrogen) atoms. The summed E-state index contributed by atoms with van der Waals surface area (Å²) in [4.78, 5) is 14.2. The van der Waals surface area contributed by atoms with Crippen LogP contribution in [0.25, 0.3) is 0 Å². The lowest BCUT2D eigenvalue weighted by Gasteiger charge is -2.33. The zero-order valence-electron chi connectivity index (χ0n) is 10.9. The van der Waals surface area contributed by atoms with E-state index in [0.717, 1.165) is 45.6 Å². The van der Waals surface area contributed by atoms with Crippen LogP contribution in [0.3, 0.4) is 0 Å². The molecule has 2 unspecified atom stereocenters. The molecule has 2 aliphatic rings. The molecule has 1 spiro atoms. The van der Waals surface area contributed by atoms with E-state index in [0.29, 0.717) is 5.41 Å². The molecule has 98 valence electrons. The van der Waals surface area contributed by atoms with Crippen LogP contribution in [0, 0.1) is 11.3 Å². The zero-order chi connectivity index (χ0) is 12.5. The minimum Gasteiger partial charge on any atom is -0.381 e. The second kappa shape index (κ2) is 4.94. The highest BCUT2D eigenvalue weighted by Crippen LogP contribution is 2.40. The van der Waals surface area contributed by atoms with Gasteiger partial charge in [-0.05, 0) is 31.6 Å². The van der Waals surface area contributed by atoms with Crippen LogP contribution in [0.2, 0.25) is 0 Å². The molecule has 2 saturated heterocycles. The number of rotatable bonds is 2. The summed E-state index contributed by atoms with van der Waals surface area (Å²) in [6, 6.07) is -0.0614. The van der Waals surface area contributed by atoms with Crippen molar-refractivity contribution in [2.75, 3.05) is 26.3 Å². The fraction of sp³-hybridized carbons (Fsp3) is 0.923. The summed E-state index contributed by atoms with van der Waals surface area (Å²) in [6.07, 6.45) is 3.33. The van der Waals surface area contributed by atoms with E-state index in [1.807, 2.05) is 18.7 Å². The monoisotopic (exact) mass is 240 g/mol. The van der Waals surface area contributed by atoms with Crippen LogP contribution < -0.4 is 5.73 Å². The minimum atomic E-state index is -0.0648. The van der Waals surface area contributed by atoms with Gasteiger partial charge in [0.05, 0.1) is 5.92 Å². The molecule has 4 nitrogen and oxygen atoms in total. The number of nitrogens with zero attached hydrogens (tertiary/aromatic N) is 1. The summed E-state index contributed by atoms with van der Waals surface area (Å²) in [7, 11) is 0. The lowest BCUT2D eigenvalue weighted by atomic mass is 9.80. The number of carbonyl (C=O) groups excluding carboxylic acids is 1. The van der Waals surface area contributed by atoms with Crippen molar-refractivity contribution in [2.24, 2.45) is 17.1 Å². The molecule has 0 radical (unpaired) electrons. The topological polar surface area (TPSA) is 55.6 Å². The molecule has 2 aliphatic heterocycles. The predicted octanol–water partition coefficient (Wildman–Crippen LogP) is 0.999. The number of carbonyl (C=O) groups is 1. The van der Waals surface area contributed by atoms with Gasteiger partial charge >= 0.3 is 0 Å². The number of ether oxygens (including phenoxy) is 1. The van der Waals surface area contributed by atoms with Gasteiger partial charge in [0.1, 0.15) is 0 Å². The normalized spacial score (nSPS) is 27.1. The Labute approximate surface area is 103 Å². The van der Waals surface area contributed by atoms with Gasteiger partial charge in [0.15, 0.2) is 0 Å². The highest BCUT2D eigenvalue weighted by atomic mass is 16.5. The van der Waals surface area contributed by atoms with Crippen LogP contribution in [-0.2, 0) is 9.53 Å². The molecule has 1 amide bonds. The van der Waals surface area contributed by atoms with E-state index in [4.69, 9.17) is 10.5 Å². The van der Waals surface area contributed by atoms with E-state index in [1.165, 1.54) is 0 Å². The van der Waals surface area contributed by atoms with Crippen molar-refractivity contribution in [2.45, 2.75) is 39.2 Å². The zero-order valence-corrected chi connectivity index (χ0v) is 10.9. The second-order valence-electron chi connectivity index (χ2n) is 5.77. The fourth-order valence-corrected chi connectivity index (χ4v) is 2.85. The Kier molecular flexibility index (Phi) is 3.73. The van der Waals surface area contributed by atoms with Crippen molar-refractivity contribution in [3.8, 4) is 0 Å². The Balaban J connectivity index is 1.95. The molecule has 0 aromatic carbocycles. The lowest BCUT2D eigenvalue weighted by molar-refractivity contribution is -0.135. The Morgan fingerprint density at radius 3 is 2.53 bits per heavy atom. The first-order chi connectivity index (χ1) is 8.04. The summed E-state index contributed by atoms with van der Waals surface area (Å²) in [5.41, 5.74) is 6.15. The summed E-state index contributed by atoms with van der Waals surface area (Å²) in [6.45, 7) is 7.35. The van der Waals surface area contributed by atoms with E-state index >= 15 is 0 Å². The fourth-order valence-electron chi connectivity index (χ4n) is 2.85. The second-order valence-corrected chi connectivity index (χ2v) is 5.77. The molecule has 2 atom stereocenters. The molecule has 2 N–H and O–H groups in total. The summed E-state index contributed by atoms with van der Waals surface area (Å²) in [5, 5.41) is 0. The van der Waals surface area contributed by atoms with Crippen LogP contribution in [0.15, 0.2) is 0 Å². The first kappa shape index (κ1) is 12.8. The molecule has 0 bridgehead atoms. The molecule has 2 heterocycles. The third-order valence-electron chi connectivity index (χ3n) is 4.48. The van der Waals surface area contributed by atoms with Crippen LogP contribution >= 0.6 is 0 Å². The van der Waals surface area contributed by atoms with Gasteiger partial charge in [-0.2, -0.15) is 0 Å². The van der Waals surface area contributed by atoms with E-state index < -0.39 is 0 Å². The minimum absolute atomic E-state index is 0.0614. The van der Waals surface area contributed by atoms with E-state index in [1.54, 1.807) is 0 Å². The Morgan fingerprint density at radius 2 is 1.94 bits per heavy atom. The van der Waals surface area contributed by atoms with Gasteiger partial charge in [-0.25, -0.2) is 0 Å². The van der Waals surface area contributed by atoms with Crippen molar-refractivity contribution >= 4 is 5.91 Å². The van der Waals surface area contributed by atoms with Gasteiger partial charge in [-0.1, -0.05) is 6.92 Å². The highest BCUT2D eigenvalue weighted by molar-refractivity contribution is 5.79.